The van der Waals surface area contributed by atoms with Gasteiger partial charge in [-0.15, -0.1) is 0 Å². The Morgan fingerprint density at radius 2 is 1.07 bits per heavy atom. The van der Waals surface area contributed by atoms with Crippen LogP contribution in [0.15, 0.2) is 81.6 Å². The molecule has 0 bridgehead atoms. The Hall–Kier alpha value is -4.37. The van der Waals surface area contributed by atoms with Crippen molar-refractivity contribution in [3.63, 3.8) is 0 Å². The summed E-state index contributed by atoms with van der Waals surface area (Å²) in [7, 11) is 0. The topological polar surface area (TPSA) is 29.5 Å². The summed E-state index contributed by atoms with van der Waals surface area (Å²) in [5.41, 5.74) is 19.4. The first-order chi connectivity index (χ1) is 27.9. The molecule has 0 atom stereocenters. The smallest absolute Gasteiger partial charge is 0.290 e. The van der Waals surface area contributed by atoms with Gasteiger partial charge in [0.2, 0.25) is 6.71 Å². The highest BCUT2D eigenvalue weighted by atomic mass is 16.3. The summed E-state index contributed by atoms with van der Waals surface area (Å²) in [6.07, 6.45) is 4.48. The first-order valence-electron chi connectivity index (χ1n) is 22.8. The van der Waals surface area contributed by atoms with Gasteiger partial charge in [0.25, 0.3) is 6.71 Å². The zero-order valence-corrected chi connectivity index (χ0v) is 39.2. The summed E-state index contributed by atoms with van der Waals surface area (Å²) in [5, 5.41) is 1.25. The predicted octanol–water partition coefficient (Wildman–Crippen LogP) is 10.8. The Kier molecular flexibility index (Phi) is 8.21. The number of anilines is 3. The lowest BCUT2D eigenvalue weighted by atomic mass is 9.21. The standard InChI is InChI=1S/C55H65B2NO2/c1-32-28-39-45-41(29-32)58(36-22-18-34(19-23-36)51(5,6)7)40-30-37-42(59-47-43(37)52(8,9)24-26-54(47,12)13)31-38(40)57(45)49-46(44-48(60-49)55(14,15)27-25-53(44,10)11)56(39)35-20-16-33(17-21-35)50(2,3)4/h16-23,28-31H,24-27H2,1-15H3. The molecule has 3 nitrogen and oxygen atoms in total. The molecule has 0 saturated heterocycles. The molecule has 0 spiro atoms. The maximum atomic E-state index is 7.65. The quantitative estimate of drug-likeness (QED) is 0.163. The van der Waals surface area contributed by atoms with Gasteiger partial charge in [-0.2, -0.15) is 0 Å². The molecular weight excluding hydrogens is 728 g/mol. The molecule has 5 heteroatoms. The molecule has 10 rings (SSSR count). The molecular formula is C55H65B2NO2. The second-order valence-corrected chi connectivity index (χ2v) is 24.0. The van der Waals surface area contributed by atoms with Crippen molar-refractivity contribution in [2.24, 2.45) is 0 Å². The Bertz CT molecular complexity index is 2740. The Balaban J connectivity index is 1.33. The number of aryl methyl sites for hydroxylation is 1. The van der Waals surface area contributed by atoms with Crippen molar-refractivity contribution in [2.45, 2.75) is 162 Å². The highest BCUT2D eigenvalue weighted by molar-refractivity contribution is 7.12. The first kappa shape index (κ1) is 39.7. The summed E-state index contributed by atoms with van der Waals surface area (Å²) >= 11 is 0. The number of hydrogen-bond acceptors (Lipinski definition) is 3. The minimum Gasteiger partial charge on any atom is -0.475 e. The van der Waals surface area contributed by atoms with Crippen LogP contribution in [-0.2, 0) is 32.5 Å². The number of rotatable bonds is 2. The molecule has 4 aromatic carbocycles. The van der Waals surface area contributed by atoms with E-state index in [2.05, 4.69) is 182 Å². The first-order valence-corrected chi connectivity index (χ1v) is 22.8. The summed E-state index contributed by atoms with van der Waals surface area (Å²) < 4.78 is 14.8. The van der Waals surface area contributed by atoms with E-state index >= 15 is 0 Å². The fourth-order valence-electron chi connectivity index (χ4n) is 11.7. The van der Waals surface area contributed by atoms with Crippen molar-refractivity contribution < 1.29 is 8.83 Å². The molecule has 0 radical (unpaired) electrons. The van der Waals surface area contributed by atoms with Gasteiger partial charge in [0, 0.05) is 38.8 Å². The maximum Gasteiger partial charge on any atom is 0.290 e. The van der Waals surface area contributed by atoms with Crippen LogP contribution in [0.25, 0.3) is 11.0 Å². The van der Waals surface area contributed by atoms with Gasteiger partial charge in [-0.05, 0) is 123 Å². The molecule has 6 aromatic rings. The normalized spacial score (nSPS) is 19.4. The van der Waals surface area contributed by atoms with Crippen molar-refractivity contribution in [3.8, 4) is 0 Å². The molecule has 0 N–H and O–H groups in total. The number of furan rings is 2. The Labute approximate surface area is 360 Å². The molecule has 0 amide bonds. The predicted molar refractivity (Wildman–Crippen MR) is 258 cm³/mol. The fourth-order valence-corrected chi connectivity index (χ4v) is 11.7. The number of fused-ring (bicyclic) bond motifs is 9. The molecule has 308 valence electrons. The third-order valence-electron chi connectivity index (χ3n) is 15.5. The van der Waals surface area contributed by atoms with Crippen LogP contribution in [0, 0.1) is 6.92 Å². The van der Waals surface area contributed by atoms with Crippen LogP contribution in [0.5, 0.6) is 0 Å². The maximum absolute atomic E-state index is 7.65. The largest absolute Gasteiger partial charge is 0.475 e. The average molecular weight is 794 g/mol. The molecule has 2 aliphatic heterocycles. The van der Waals surface area contributed by atoms with Crippen LogP contribution in [0.3, 0.4) is 0 Å². The van der Waals surface area contributed by atoms with Gasteiger partial charge >= 0.3 is 0 Å². The minimum absolute atomic E-state index is 0.00482. The highest BCUT2D eigenvalue weighted by Crippen LogP contribution is 2.52. The highest BCUT2D eigenvalue weighted by Gasteiger charge is 2.54. The van der Waals surface area contributed by atoms with Crippen LogP contribution in [0.4, 0.5) is 17.1 Å². The van der Waals surface area contributed by atoms with E-state index < -0.39 is 0 Å². The van der Waals surface area contributed by atoms with Crippen LogP contribution in [0.1, 0.15) is 162 Å². The van der Waals surface area contributed by atoms with E-state index in [-0.39, 0.29) is 45.9 Å². The van der Waals surface area contributed by atoms with E-state index in [1.165, 1.54) is 83.3 Å². The van der Waals surface area contributed by atoms with Gasteiger partial charge in [-0.1, -0.05) is 150 Å². The monoisotopic (exact) mass is 794 g/mol. The van der Waals surface area contributed by atoms with Gasteiger partial charge in [-0.25, -0.2) is 0 Å². The zero-order valence-electron chi connectivity index (χ0n) is 39.2. The van der Waals surface area contributed by atoms with Gasteiger partial charge < -0.3 is 13.7 Å². The van der Waals surface area contributed by atoms with Crippen molar-refractivity contribution in [2.75, 3.05) is 4.90 Å². The van der Waals surface area contributed by atoms with Crippen LogP contribution < -0.4 is 37.9 Å². The van der Waals surface area contributed by atoms with E-state index in [1.807, 2.05) is 0 Å². The lowest BCUT2D eigenvalue weighted by Gasteiger charge is -2.42. The lowest BCUT2D eigenvalue weighted by molar-refractivity contribution is 0.282. The van der Waals surface area contributed by atoms with E-state index in [9.17, 15) is 0 Å². The molecule has 0 unspecified atom stereocenters. The van der Waals surface area contributed by atoms with E-state index in [1.54, 1.807) is 0 Å². The molecule has 60 heavy (non-hydrogen) atoms. The summed E-state index contributed by atoms with van der Waals surface area (Å²) in [5.74, 6) is 2.34. The van der Waals surface area contributed by atoms with Gasteiger partial charge in [0.05, 0.1) is 5.66 Å². The third kappa shape index (κ3) is 5.69. The molecule has 2 aliphatic carbocycles. The zero-order chi connectivity index (χ0) is 42.9. The lowest BCUT2D eigenvalue weighted by Crippen LogP contribution is -2.76. The second kappa shape index (κ2) is 12.4. The van der Waals surface area contributed by atoms with Gasteiger partial charge in [0.1, 0.15) is 17.1 Å². The Morgan fingerprint density at radius 3 is 1.65 bits per heavy atom. The number of nitrogens with zero attached hydrogens (tertiary/aromatic N) is 1. The fraction of sp³-hybridized carbons (Fsp3) is 0.455. The Morgan fingerprint density at radius 1 is 0.533 bits per heavy atom. The molecule has 0 fully saturated rings. The van der Waals surface area contributed by atoms with Crippen LogP contribution in [0.2, 0.25) is 0 Å². The van der Waals surface area contributed by atoms with Crippen LogP contribution in [-0.4, -0.2) is 13.4 Å². The molecule has 4 aliphatic rings. The van der Waals surface area contributed by atoms with Crippen molar-refractivity contribution in [3.05, 3.63) is 112 Å². The number of benzene rings is 4. The van der Waals surface area contributed by atoms with Crippen molar-refractivity contribution in [1.82, 2.24) is 0 Å². The van der Waals surface area contributed by atoms with Gasteiger partial charge in [-0.3, -0.25) is 0 Å². The minimum atomic E-state index is -0.0828. The van der Waals surface area contributed by atoms with Gasteiger partial charge in [0.15, 0.2) is 0 Å². The summed E-state index contributed by atoms with van der Waals surface area (Å²) in [4.78, 5) is 2.59. The van der Waals surface area contributed by atoms with E-state index in [0.29, 0.717) is 0 Å². The summed E-state index contributed by atoms with van der Waals surface area (Å²) in [6.45, 7) is 35.4. The number of hydrogen-bond donors (Lipinski definition) is 0. The van der Waals surface area contributed by atoms with Crippen molar-refractivity contribution >= 4 is 74.4 Å². The molecule has 4 heterocycles. The van der Waals surface area contributed by atoms with E-state index in [4.69, 9.17) is 8.83 Å². The molecule has 0 saturated carbocycles. The second-order valence-electron chi connectivity index (χ2n) is 24.0. The van der Waals surface area contributed by atoms with Crippen molar-refractivity contribution in [1.29, 1.82) is 0 Å². The summed E-state index contributed by atoms with van der Waals surface area (Å²) in [6, 6.07) is 28.9. The third-order valence-corrected chi connectivity index (χ3v) is 15.5. The van der Waals surface area contributed by atoms with Crippen LogP contribution >= 0.6 is 0 Å². The average Bonchev–Trinajstić information content (AvgIpc) is 3.76. The van der Waals surface area contributed by atoms with E-state index in [0.717, 1.165) is 42.7 Å². The molecule has 2 aromatic heterocycles. The SMILES string of the molecule is Cc1cc2c3c(c1)N(c1ccc(C(C)(C)C)cc1)c1cc4c5c(oc4cc1B3c1oc3c(c1B2c1ccc(C(C)(C)C)cc1)C(C)(C)CCC3(C)C)C(C)(C)CCC5(C)C.